The fourth-order valence-electron chi connectivity index (χ4n) is 9.56. The van der Waals surface area contributed by atoms with Gasteiger partial charge in [-0.2, -0.15) is 0 Å². The van der Waals surface area contributed by atoms with Gasteiger partial charge in [0.1, 0.15) is 6.10 Å². The largest absolute Gasteiger partial charge is 0.462 e. The van der Waals surface area contributed by atoms with Crippen LogP contribution in [-0.4, -0.2) is 47.4 Å². The molecule has 0 heterocycles. The standard InChI is InChI=1S/C31H53NO5/c1-6-19(2)29(36)37-22-11-13-30(4)21(17-22)18-26(34)28-24-9-8-23(31(24,5)14-12-25(28)30)20(3)7-10-27(35)32-15-16-33/h19-26,28,33-34H,6-18H2,1-5H3,(H,32,35). The quantitative estimate of drug-likeness (QED) is 0.369. The molecular weight excluding hydrogens is 466 g/mol. The molecule has 0 aromatic rings. The molecule has 6 heteroatoms. The lowest BCUT2D eigenvalue weighted by molar-refractivity contribution is -0.184. The number of aliphatic hydroxyl groups excluding tert-OH is 2. The van der Waals surface area contributed by atoms with E-state index in [0.29, 0.717) is 48.5 Å². The van der Waals surface area contributed by atoms with Gasteiger partial charge in [-0.1, -0.05) is 34.6 Å². The molecule has 37 heavy (non-hydrogen) atoms. The van der Waals surface area contributed by atoms with Gasteiger partial charge in [0.15, 0.2) is 0 Å². The molecule has 11 atom stereocenters. The number of carbonyl (C=O) groups excluding carboxylic acids is 2. The smallest absolute Gasteiger partial charge is 0.308 e. The summed E-state index contributed by atoms with van der Waals surface area (Å²) in [7, 11) is 0. The third-order valence-corrected chi connectivity index (χ3v) is 12.0. The number of esters is 1. The van der Waals surface area contributed by atoms with Crippen molar-refractivity contribution in [2.45, 2.75) is 117 Å². The predicted octanol–water partition coefficient (Wildman–Crippen LogP) is 5.10. The molecule has 3 N–H and O–H groups in total. The molecule has 4 fully saturated rings. The van der Waals surface area contributed by atoms with E-state index in [2.05, 4.69) is 26.1 Å². The number of hydrogen-bond acceptors (Lipinski definition) is 5. The lowest BCUT2D eigenvalue weighted by Gasteiger charge is -2.62. The SMILES string of the molecule is CCC(C)C(=O)OC1CCC2(C)C(C1)CC(O)C1C2CCC2(C)C(C(C)CCC(=O)NCCO)CCC12. The highest BCUT2D eigenvalue weighted by molar-refractivity contribution is 5.75. The van der Waals surface area contributed by atoms with Crippen molar-refractivity contribution in [1.82, 2.24) is 5.32 Å². The molecule has 4 aliphatic carbocycles. The minimum atomic E-state index is -0.268. The lowest BCUT2D eigenvalue weighted by atomic mass is 9.43. The third-order valence-electron chi connectivity index (χ3n) is 12.0. The van der Waals surface area contributed by atoms with Gasteiger partial charge in [0.2, 0.25) is 5.91 Å². The number of nitrogens with one attached hydrogen (secondary N) is 1. The zero-order chi connectivity index (χ0) is 27.0. The molecule has 4 saturated carbocycles. The van der Waals surface area contributed by atoms with E-state index in [1.807, 2.05) is 13.8 Å². The third kappa shape index (κ3) is 5.48. The summed E-state index contributed by atoms with van der Waals surface area (Å²) in [5, 5.41) is 23.4. The molecule has 0 spiro atoms. The Bertz CT molecular complexity index is 817. The minimum absolute atomic E-state index is 0.00321. The van der Waals surface area contributed by atoms with E-state index < -0.39 is 0 Å². The maximum absolute atomic E-state index is 12.4. The normalized spacial score (nSPS) is 42.6. The molecule has 0 saturated heterocycles. The van der Waals surface area contributed by atoms with E-state index in [0.717, 1.165) is 38.5 Å². The maximum Gasteiger partial charge on any atom is 0.308 e. The van der Waals surface area contributed by atoms with Gasteiger partial charge in [-0.3, -0.25) is 9.59 Å². The first-order valence-electron chi connectivity index (χ1n) is 15.3. The van der Waals surface area contributed by atoms with Crippen molar-refractivity contribution < 1.29 is 24.5 Å². The number of ether oxygens (including phenoxy) is 1. The zero-order valence-corrected chi connectivity index (χ0v) is 24.0. The number of hydrogen-bond donors (Lipinski definition) is 3. The van der Waals surface area contributed by atoms with Gasteiger partial charge in [-0.05, 0) is 111 Å². The molecule has 212 valence electrons. The van der Waals surface area contributed by atoms with Crippen LogP contribution in [0.25, 0.3) is 0 Å². The summed E-state index contributed by atoms with van der Waals surface area (Å²) in [6, 6.07) is 0. The molecule has 0 radical (unpaired) electrons. The van der Waals surface area contributed by atoms with Gasteiger partial charge in [0, 0.05) is 13.0 Å². The molecule has 4 rings (SSSR count). The molecule has 1 amide bonds. The van der Waals surface area contributed by atoms with Gasteiger partial charge < -0.3 is 20.3 Å². The highest BCUT2D eigenvalue weighted by Gasteiger charge is 2.63. The van der Waals surface area contributed by atoms with Crippen molar-refractivity contribution in [1.29, 1.82) is 0 Å². The van der Waals surface area contributed by atoms with Crippen LogP contribution in [0.15, 0.2) is 0 Å². The summed E-state index contributed by atoms with van der Waals surface area (Å²) >= 11 is 0. The van der Waals surface area contributed by atoms with Crippen molar-refractivity contribution in [3.05, 3.63) is 0 Å². The van der Waals surface area contributed by atoms with Crippen LogP contribution in [0.4, 0.5) is 0 Å². The first-order valence-corrected chi connectivity index (χ1v) is 15.3. The molecule has 0 aliphatic heterocycles. The highest BCUT2D eigenvalue weighted by Crippen LogP contribution is 2.68. The molecule has 0 bridgehead atoms. The second kappa shape index (κ2) is 11.5. The number of rotatable bonds is 9. The van der Waals surface area contributed by atoms with Crippen molar-refractivity contribution >= 4 is 11.9 Å². The van der Waals surface area contributed by atoms with E-state index in [1.54, 1.807) is 0 Å². The molecule has 4 aliphatic rings. The topological polar surface area (TPSA) is 95.9 Å². The monoisotopic (exact) mass is 519 g/mol. The van der Waals surface area contributed by atoms with Crippen LogP contribution < -0.4 is 5.32 Å². The lowest BCUT2D eigenvalue weighted by Crippen LogP contribution is -2.58. The van der Waals surface area contributed by atoms with Crippen molar-refractivity contribution in [3.63, 3.8) is 0 Å². The van der Waals surface area contributed by atoms with Gasteiger partial charge >= 0.3 is 5.97 Å². The van der Waals surface area contributed by atoms with E-state index >= 15 is 0 Å². The van der Waals surface area contributed by atoms with Crippen molar-refractivity contribution in [2.24, 2.45) is 52.3 Å². The summed E-state index contributed by atoms with van der Waals surface area (Å²) in [5.41, 5.74) is 0.453. The molecular formula is C31H53NO5. The van der Waals surface area contributed by atoms with Crippen molar-refractivity contribution in [2.75, 3.05) is 13.2 Å². The van der Waals surface area contributed by atoms with Crippen LogP contribution in [0.3, 0.4) is 0 Å². The molecule has 6 nitrogen and oxygen atoms in total. The minimum Gasteiger partial charge on any atom is -0.462 e. The number of amides is 1. The average molecular weight is 520 g/mol. The first kappa shape index (κ1) is 28.9. The number of carbonyl (C=O) groups is 2. The summed E-state index contributed by atoms with van der Waals surface area (Å²) in [6.07, 6.45) is 10.5. The molecule has 0 aromatic carbocycles. The van der Waals surface area contributed by atoms with E-state index in [4.69, 9.17) is 9.84 Å². The van der Waals surface area contributed by atoms with Gasteiger partial charge in [-0.25, -0.2) is 0 Å². The summed E-state index contributed by atoms with van der Waals surface area (Å²) in [5.74, 6) is 2.89. The zero-order valence-electron chi connectivity index (χ0n) is 24.0. The Kier molecular flexibility index (Phi) is 9.00. The van der Waals surface area contributed by atoms with Gasteiger partial charge in [0.25, 0.3) is 0 Å². The fourth-order valence-corrected chi connectivity index (χ4v) is 9.56. The average Bonchev–Trinajstić information content (AvgIpc) is 3.23. The molecule has 0 aromatic heterocycles. The van der Waals surface area contributed by atoms with Gasteiger partial charge in [-0.15, -0.1) is 0 Å². The van der Waals surface area contributed by atoms with E-state index in [-0.39, 0.29) is 47.4 Å². The van der Waals surface area contributed by atoms with Crippen molar-refractivity contribution in [3.8, 4) is 0 Å². The van der Waals surface area contributed by atoms with Crippen LogP contribution in [0, 0.1) is 52.3 Å². The van der Waals surface area contributed by atoms with E-state index in [9.17, 15) is 14.7 Å². The Hall–Kier alpha value is -1.14. The first-order chi connectivity index (χ1) is 17.5. The Labute approximate surface area is 224 Å². The summed E-state index contributed by atoms with van der Waals surface area (Å²) in [6.45, 7) is 11.6. The maximum atomic E-state index is 12.4. The number of fused-ring (bicyclic) bond motifs is 5. The molecule has 11 unspecified atom stereocenters. The summed E-state index contributed by atoms with van der Waals surface area (Å²) < 4.78 is 5.94. The Balaban J connectivity index is 1.42. The van der Waals surface area contributed by atoms with Crippen LogP contribution in [-0.2, 0) is 14.3 Å². The summed E-state index contributed by atoms with van der Waals surface area (Å²) in [4.78, 5) is 24.6. The van der Waals surface area contributed by atoms with Gasteiger partial charge in [0.05, 0.1) is 18.6 Å². The Morgan fingerprint density at radius 2 is 1.73 bits per heavy atom. The van der Waals surface area contributed by atoms with E-state index in [1.165, 1.54) is 25.7 Å². The van der Waals surface area contributed by atoms with Crippen LogP contribution in [0.2, 0.25) is 0 Å². The second-order valence-corrected chi connectivity index (χ2v) is 13.8. The predicted molar refractivity (Wildman–Crippen MR) is 144 cm³/mol. The second-order valence-electron chi connectivity index (χ2n) is 13.8. The Morgan fingerprint density at radius 3 is 2.43 bits per heavy atom. The van der Waals surface area contributed by atoms with Crippen LogP contribution in [0.1, 0.15) is 105 Å². The Morgan fingerprint density at radius 1 is 1.03 bits per heavy atom. The number of aliphatic hydroxyl groups is 2. The highest BCUT2D eigenvalue weighted by atomic mass is 16.5. The van der Waals surface area contributed by atoms with Crippen LogP contribution in [0.5, 0.6) is 0 Å². The van der Waals surface area contributed by atoms with Crippen LogP contribution >= 0.6 is 0 Å². The fraction of sp³-hybridized carbons (Fsp3) is 0.935.